The van der Waals surface area contributed by atoms with Gasteiger partial charge in [0.15, 0.2) is 24.7 Å². The summed E-state index contributed by atoms with van der Waals surface area (Å²) in [6.07, 6.45) is 4.36. The van der Waals surface area contributed by atoms with Gasteiger partial charge in [-0.2, -0.15) is 5.26 Å². The molecule has 2 atom stereocenters. The van der Waals surface area contributed by atoms with Crippen molar-refractivity contribution in [3.63, 3.8) is 0 Å². The first-order valence-corrected chi connectivity index (χ1v) is 9.28. The molecule has 1 aliphatic carbocycles. The molecule has 1 N–H and O–H groups in total. The zero-order valence-electron chi connectivity index (χ0n) is 15.8. The third kappa shape index (κ3) is 6.48. The second-order valence-corrected chi connectivity index (χ2v) is 6.59. The summed E-state index contributed by atoms with van der Waals surface area (Å²) in [5, 5.41) is 11.9. The van der Waals surface area contributed by atoms with E-state index in [1.54, 1.807) is 18.2 Å². The van der Waals surface area contributed by atoms with Crippen LogP contribution in [-0.2, 0) is 14.3 Å². The lowest BCUT2D eigenvalue weighted by Crippen LogP contribution is -2.43. The van der Waals surface area contributed by atoms with E-state index in [9.17, 15) is 9.59 Å². The fraction of sp³-hybridized carbons (Fsp3) is 0.550. The number of esters is 1. The molecule has 7 heteroatoms. The van der Waals surface area contributed by atoms with E-state index in [0.29, 0.717) is 29.6 Å². The molecule has 2 rings (SSSR count). The van der Waals surface area contributed by atoms with Crippen LogP contribution in [0.15, 0.2) is 18.2 Å². The number of rotatable bonds is 8. The Kier molecular flexibility index (Phi) is 7.93. The molecule has 0 spiro atoms. The van der Waals surface area contributed by atoms with Gasteiger partial charge >= 0.3 is 5.97 Å². The number of benzene rings is 1. The van der Waals surface area contributed by atoms with Crippen LogP contribution in [0, 0.1) is 17.2 Å². The van der Waals surface area contributed by atoms with Crippen molar-refractivity contribution < 1.29 is 23.8 Å². The Morgan fingerprint density at radius 1 is 1.19 bits per heavy atom. The summed E-state index contributed by atoms with van der Waals surface area (Å²) in [7, 11) is 0. The van der Waals surface area contributed by atoms with Crippen molar-refractivity contribution in [3.8, 4) is 17.6 Å². The van der Waals surface area contributed by atoms with Crippen LogP contribution in [-0.4, -0.2) is 37.7 Å². The number of hydrogen-bond donors (Lipinski definition) is 1. The number of nitrogens with zero attached hydrogens (tertiary/aromatic N) is 1. The molecule has 1 saturated carbocycles. The molecular weight excluding hydrogens is 348 g/mol. The van der Waals surface area contributed by atoms with E-state index in [1.165, 1.54) is 6.42 Å². The molecule has 0 radical (unpaired) electrons. The third-order valence-electron chi connectivity index (χ3n) is 4.54. The van der Waals surface area contributed by atoms with E-state index >= 15 is 0 Å². The SMILES string of the molecule is CCOc1cc(C#N)ccc1OCC(=O)OCC(=O)N[C@@H]1CCCC[C@H]1C. The molecule has 0 saturated heterocycles. The van der Waals surface area contributed by atoms with E-state index in [0.717, 1.165) is 19.3 Å². The molecule has 7 nitrogen and oxygen atoms in total. The molecule has 1 amide bonds. The van der Waals surface area contributed by atoms with Gasteiger partial charge in [-0.3, -0.25) is 4.79 Å². The average Bonchev–Trinajstić information content (AvgIpc) is 2.67. The lowest BCUT2D eigenvalue weighted by molar-refractivity contribution is -0.150. The molecule has 0 unspecified atom stereocenters. The summed E-state index contributed by atoms with van der Waals surface area (Å²) < 4.78 is 15.8. The minimum absolute atomic E-state index is 0.147. The number of nitriles is 1. The van der Waals surface area contributed by atoms with Gasteiger partial charge < -0.3 is 19.5 Å². The zero-order valence-corrected chi connectivity index (χ0v) is 15.8. The summed E-state index contributed by atoms with van der Waals surface area (Å²) in [5.41, 5.74) is 0.432. The standard InChI is InChI=1S/C20H26N2O5/c1-3-25-18-10-15(11-21)8-9-17(18)26-13-20(24)27-12-19(23)22-16-7-5-4-6-14(16)2/h8-10,14,16H,3-7,12-13H2,1-2H3,(H,22,23)/t14-,16-/m1/s1. The van der Waals surface area contributed by atoms with Crippen molar-refractivity contribution in [2.45, 2.75) is 45.6 Å². The molecule has 0 aliphatic heterocycles. The second kappa shape index (κ2) is 10.4. The number of ether oxygens (including phenoxy) is 3. The monoisotopic (exact) mass is 374 g/mol. The van der Waals surface area contributed by atoms with Crippen molar-refractivity contribution in [2.24, 2.45) is 5.92 Å². The van der Waals surface area contributed by atoms with E-state index < -0.39 is 5.97 Å². The van der Waals surface area contributed by atoms with Gasteiger partial charge in [-0.05, 0) is 37.8 Å². The summed E-state index contributed by atoms with van der Waals surface area (Å²) >= 11 is 0. The minimum atomic E-state index is -0.645. The number of carbonyl (C=O) groups excluding carboxylic acids is 2. The largest absolute Gasteiger partial charge is 0.490 e. The molecule has 1 aromatic carbocycles. The first-order chi connectivity index (χ1) is 13.0. The minimum Gasteiger partial charge on any atom is -0.490 e. The van der Waals surface area contributed by atoms with Crippen molar-refractivity contribution in [1.82, 2.24) is 5.32 Å². The number of amides is 1. The number of carbonyl (C=O) groups is 2. The molecule has 0 bridgehead atoms. The first kappa shape index (κ1) is 20.6. The highest BCUT2D eigenvalue weighted by Crippen LogP contribution is 2.28. The summed E-state index contributed by atoms with van der Waals surface area (Å²) in [5.74, 6) is 0.223. The van der Waals surface area contributed by atoms with Gasteiger partial charge in [-0.1, -0.05) is 19.8 Å². The van der Waals surface area contributed by atoms with Crippen LogP contribution in [0.2, 0.25) is 0 Å². The maximum atomic E-state index is 12.0. The Balaban J connectivity index is 1.77. The summed E-state index contributed by atoms with van der Waals surface area (Å²) in [4.78, 5) is 23.8. The molecule has 27 heavy (non-hydrogen) atoms. The highest BCUT2D eigenvalue weighted by molar-refractivity contribution is 5.81. The van der Waals surface area contributed by atoms with Crippen molar-refractivity contribution >= 4 is 11.9 Å². The molecule has 1 aromatic rings. The van der Waals surface area contributed by atoms with Crippen LogP contribution in [0.25, 0.3) is 0 Å². The fourth-order valence-corrected chi connectivity index (χ4v) is 3.07. The van der Waals surface area contributed by atoms with Crippen LogP contribution >= 0.6 is 0 Å². The van der Waals surface area contributed by atoms with E-state index in [2.05, 4.69) is 12.2 Å². The van der Waals surface area contributed by atoms with Crippen LogP contribution in [0.5, 0.6) is 11.5 Å². The predicted molar refractivity (Wildman–Crippen MR) is 98.3 cm³/mol. The normalized spacial score (nSPS) is 18.9. The Morgan fingerprint density at radius 3 is 2.67 bits per heavy atom. The average molecular weight is 374 g/mol. The Labute approximate surface area is 159 Å². The Morgan fingerprint density at radius 2 is 1.96 bits per heavy atom. The van der Waals surface area contributed by atoms with Gasteiger partial charge in [-0.15, -0.1) is 0 Å². The number of hydrogen-bond acceptors (Lipinski definition) is 6. The molecular formula is C20H26N2O5. The topological polar surface area (TPSA) is 97.7 Å². The van der Waals surface area contributed by atoms with Gasteiger partial charge in [0.05, 0.1) is 18.2 Å². The van der Waals surface area contributed by atoms with Gasteiger partial charge in [0.25, 0.3) is 5.91 Å². The first-order valence-electron chi connectivity index (χ1n) is 9.28. The van der Waals surface area contributed by atoms with E-state index in [4.69, 9.17) is 19.5 Å². The molecule has 146 valence electrons. The van der Waals surface area contributed by atoms with Crippen molar-refractivity contribution in [2.75, 3.05) is 19.8 Å². The van der Waals surface area contributed by atoms with Crippen molar-refractivity contribution in [1.29, 1.82) is 5.26 Å². The van der Waals surface area contributed by atoms with Crippen LogP contribution in [0.3, 0.4) is 0 Å². The maximum Gasteiger partial charge on any atom is 0.344 e. The van der Waals surface area contributed by atoms with E-state index in [1.807, 2.05) is 13.0 Å². The molecule has 1 fully saturated rings. The number of nitrogens with one attached hydrogen (secondary N) is 1. The fourth-order valence-electron chi connectivity index (χ4n) is 3.07. The highest BCUT2D eigenvalue weighted by atomic mass is 16.6. The Bertz CT molecular complexity index is 698. The molecule has 0 heterocycles. The van der Waals surface area contributed by atoms with Crippen LogP contribution in [0.4, 0.5) is 0 Å². The van der Waals surface area contributed by atoms with Gasteiger partial charge in [-0.25, -0.2) is 4.79 Å². The molecule has 0 aromatic heterocycles. The van der Waals surface area contributed by atoms with Crippen LogP contribution < -0.4 is 14.8 Å². The molecule has 1 aliphatic rings. The predicted octanol–water partition coefficient (Wildman–Crippen LogP) is 2.57. The third-order valence-corrected chi connectivity index (χ3v) is 4.54. The quantitative estimate of drug-likeness (QED) is 0.703. The van der Waals surface area contributed by atoms with Crippen molar-refractivity contribution in [3.05, 3.63) is 23.8 Å². The van der Waals surface area contributed by atoms with E-state index in [-0.39, 0.29) is 25.2 Å². The summed E-state index contributed by atoms with van der Waals surface area (Å²) in [6, 6.07) is 6.84. The van der Waals surface area contributed by atoms with Gasteiger partial charge in [0.2, 0.25) is 0 Å². The maximum absolute atomic E-state index is 12.0. The second-order valence-electron chi connectivity index (χ2n) is 6.59. The van der Waals surface area contributed by atoms with Crippen LogP contribution in [0.1, 0.15) is 45.1 Å². The lowest BCUT2D eigenvalue weighted by Gasteiger charge is -2.29. The highest BCUT2D eigenvalue weighted by Gasteiger charge is 2.23. The smallest absolute Gasteiger partial charge is 0.344 e. The summed E-state index contributed by atoms with van der Waals surface area (Å²) in [6.45, 7) is 3.66. The Hall–Kier alpha value is -2.75. The lowest BCUT2D eigenvalue weighted by atomic mass is 9.86. The zero-order chi connectivity index (χ0) is 19.6. The van der Waals surface area contributed by atoms with Gasteiger partial charge in [0.1, 0.15) is 0 Å². The van der Waals surface area contributed by atoms with Gasteiger partial charge in [0, 0.05) is 12.1 Å².